The predicted octanol–water partition coefficient (Wildman–Crippen LogP) is 19.1. The molecule has 0 aromatic heterocycles. The molecule has 0 saturated carbocycles. The summed E-state index contributed by atoms with van der Waals surface area (Å²) in [6, 6.07) is 93.5. The first-order chi connectivity index (χ1) is 38.2. The number of nitrogens with zero attached hydrogens (tertiary/aromatic N) is 3. The lowest BCUT2D eigenvalue weighted by atomic mass is 9.77. The fourth-order valence-corrected chi connectivity index (χ4v) is 12.6. The van der Waals surface area contributed by atoms with Crippen LogP contribution >= 0.6 is 0 Å². The predicted molar refractivity (Wildman–Crippen MR) is 324 cm³/mol. The second kappa shape index (κ2) is 20.0. The molecule has 4 aliphatic rings. The molecule has 3 nitrogen and oxygen atoms in total. The molecule has 0 saturated heterocycles. The van der Waals surface area contributed by atoms with Gasteiger partial charge in [-0.15, -0.1) is 0 Å². The highest BCUT2D eigenvalue weighted by Gasteiger charge is 2.46. The van der Waals surface area contributed by atoms with E-state index < -0.39 is 0 Å². The van der Waals surface area contributed by atoms with Crippen LogP contribution in [0.3, 0.4) is 0 Å². The molecule has 14 rings (SSSR count). The van der Waals surface area contributed by atoms with Crippen molar-refractivity contribution in [1.82, 2.24) is 4.90 Å². The van der Waals surface area contributed by atoms with Crippen molar-refractivity contribution in [3.05, 3.63) is 325 Å². The van der Waals surface area contributed by atoms with Crippen LogP contribution in [-0.2, 0) is 0 Å². The highest BCUT2D eigenvalue weighted by Crippen LogP contribution is 2.58. The van der Waals surface area contributed by atoms with E-state index >= 15 is 0 Å². The average Bonchev–Trinajstić information content (AvgIpc) is 3.97. The van der Waals surface area contributed by atoms with Gasteiger partial charge >= 0.3 is 0 Å². The first kappa shape index (κ1) is 46.1. The molecular weight excluding hydrogens is 931 g/mol. The fourth-order valence-electron chi connectivity index (χ4n) is 12.6. The Hall–Kier alpha value is -9.44. The first-order valence-electron chi connectivity index (χ1n) is 27.2. The molecule has 3 heteroatoms. The maximum absolute atomic E-state index is 2.71. The van der Waals surface area contributed by atoms with Gasteiger partial charge in [0.1, 0.15) is 0 Å². The van der Waals surface area contributed by atoms with Gasteiger partial charge in [0.05, 0.1) is 17.8 Å². The van der Waals surface area contributed by atoms with Gasteiger partial charge in [-0.05, 0) is 135 Å². The van der Waals surface area contributed by atoms with Gasteiger partial charge in [-0.3, -0.25) is 0 Å². The largest absolute Gasteiger partial charge is 0.338 e. The van der Waals surface area contributed by atoms with E-state index in [4.69, 9.17) is 0 Å². The van der Waals surface area contributed by atoms with Crippen LogP contribution in [-0.4, -0.2) is 17.0 Å². The van der Waals surface area contributed by atoms with Gasteiger partial charge in [0, 0.05) is 51.0 Å². The summed E-state index contributed by atoms with van der Waals surface area (Å²) < 4.78 is 0. The van der Waals surface area contributed by atoms with Crippen molar-refractivity contribution in [2.24, 2.45) is 0 Å². The molecule has 0 spiro atoms. The number of allylic oxidation sites excluding steroid dienone is 6. The minimum absolute atomic E-state index is 0.0233. The molecule has 10 aromatic carbocycles. The SMILES string of the molecule is C1=CC(N(C2=CC=C(c3ccccc3)CC2)C2=CC3C(c4ccccc42)c2c(cc(N(c4ccc(-c5ccccc5)cc4)c4ccc(-c5ccccc5)cc4)c4ccccc24)N3c2ccccc2)CC=C1c1ccccc1. The topological polar surface area (TPSA) is 9.72 Å². The first-order valence-corrected chi connectivity index (χ1v) is 27.2. The molecule has 0 amide bonds. The summed E-state index contributed by atoms with van der Waals surface area (Å²) >= 11 is 0. The molecule has 3 atom stereocenters. The zero-order chi connectivity index (χ0) is 51.1. The Morgan fingerprint density at radius 1 is 0.455 bits per heavy atom. The van der Waals surface area contributed by atoms with Gasteiger partial charge < -0.3 is 14.7 Å². The fraction of sp³-hybridized carbons (Fsp3) is 0.0811. The van der Waals surface area contributed by atoms with Crippen molar-refractivity contribution < 1.29 is 0 Å². The van der Waals surface area contributed by atoms with Gasteiger partial charge in [0.2, 0.25) is 0 Å². The summed E-state index contributed by atoms with van der Waals surface area (Å²) in [7, 11) is 0. The van der Waals surface area contributed by atoms with E-state index in [-0.39, 0.29) is 18.0 Å². The third-order valence-corrected chi connectivity index (χ3v) is 16.3. The average molecular weight is 988 g/mol. The van der Waals surface area contributed by atoms with Crippen LogP contribution in [0.1, 0.15) is 53.0 Å². The van der Waals surface area contributed by atoms with Gasteiger partial charge in [0.25, 0.3) is 0 Å². The number of fused-ring (bicyclic) bond motifs is 7. The van der Waals surface area contributed by atoms with Crippen LogP contribution in [0.4, 0.5) is 28.4 Å². The standard InChI is InChI=1S/C74H57N3/c1-6-20-52(21-7-1)56-34-42-61(43-35-56)75(62-44-36-57(37-45-62)53-22-8-2-9-23-53)69-50-71-73(67-32-18-16-30-65(67)69)74-68-33-19-17-31-66(68)70(51-72(74)77(71)60-28-14-5-15-29-60)76(63-46-38-58(39-47-63)54-24-10-3-11-25-54)64-48-40-59(41-49-64)55-26-12-4-13-27-55/h1-40,42-46,48,50-51,63,72,74H,41,47,49H2. The summed E-state index contributed by atoms with van der Waals surface area (Å²) in [5.74, 6) is 0.0612. The lowest BCUT2D eigenvalue weighted by molar-refractivity contribution is 0.395. The van der Waals surface area contributed by atoms with Crippen LogP contribution in [0.5, 0.6) is 0 Å². The zero-order valence-corrected chi connectivity index (χ0v) is 42.9. The zero-order valence-electron chi connectivity index (χ0n) is 42.9. The van der Waals surface area contributed by atoms with E-state index in [0.717, 1.165) is 36.3 Å². The van der Waals surface area contributed by atoms with E-state index in [1.807, 2.05) is 0 Å². The number of hydrogen-bond donors (Lipinski definition) is 0. The van der Waals surface area contributed by atoms with Crippen molar-refractivity contribution in [1.29, 1.82) is 0 Å². The number of anilines is 5. The summed E-state index contributed by atoms with van der Waals surface area (Å²) in [4.78, 5) is 7.84. The lowest BCUT2D eigenvalue weighted by Gasteiger charge is -2.42. The Labute approximate surface area is 452 Å². The molecule has 3 aliphatic carbocycles. The molecule has 0 fully saturated rings. The molecule has 0 bridgehead atoms. The van der Waals surface area contributed by atoms with E-state index in [1.165, 1.54) is 94.8 Å². The minimum Gasteiger partial charge on any atom is -0.338 e. The Kier molecular flexibility index (Phi) is 12.0. The maximum Gasteiger partial charge on any atom is 0.0656 e. The Balaban J connectivity index is 0.955. The second-order valence-corrected chi connectivity index (χ2v) is 20.6. The molecule has 3 unspecified atom stereocenters. The van der Waals surface area contributed by atoms with Gasteiger partial charge in [-0.1, -0.05) is 237 Å². The van der Waals surface area contributed by atoms with Gasteiger partial charge in [-0.25, -0.2) is 0 Å². The number of hydrogen-bond acceptors (Lipinski definition) is 3. The number of rotatable bonds is 11. The Morgan fingerprint density at radius 3 is 1.57 bits per heavy atom. The third kappa shape index (κ3) is 8.51. The third-order valence-electron chi connectivity index (χ3n) is 16.3. The van der Waals surface area contributed by atoms with Crippen molar-refractivity contribution in [3.63, 3.8) is 0 Å². The van der Waals surface area contributed by atoms with Gasteiger partial charge in [-0.2, -0.15) is 0 Å². The van der Waals surface area contributed by atoms with E-state index in [9.17, 15) is 0 Å². The summed E-state index contributed by atoms with van der Waals surface area (Å²) in [6.45, 7) is 0. The molecule has 1 heterocycles. The minimum atomic E-state index is -0.0233. The monoisotopic (exact) mass is 987 g/mol. The van der Waals surface area contributed by atoms with Crippen molar-refractivity contribution in [2.75, 3.05) is 9.80 Å². The second-order valence-electron chi connectivity index (χ2n) is 20.6. The molecule has 0 radical (unpaired) electrons. The smallest absolute Gasteiger partial charge is 0.0656 e. The van der Waals surface area contributed by atoms with Crippen LogP contribution in [0, 0.1) is 0 Å². The van der Waals surface area contributed by atoms with E-state index in [0.29, 0.717) is 0 Å². The normalized spacial score (nSPS) is 17.3. The van der Waals surface area contributed by atoms with Crippen LogP contribution in [0.15, 0.2) is 297 Å². The lowest BCUT2D eigenvalue weighted by Crippen LogP contribution is -2.38. The molecular formula is C74H57N3. The maximum atomic E-state index is 2.71. The van der Waals surface area contributed by atoms with Crippen LogP contribution in [0.2, 0.25) is 0 Å². The Morgan fingerprint density at radius 2 is 0.987 bits per heavy atom. The highest BCUT2D eigenvalue weighted by molar-refractivity contribution is 6.07. The van der Waals surface area contributed by atoms with E-state index in [1.54, 1.807) is 0 Å². The Bertz CT molecular complexity index is 3850. The van der Waals surface area contributed by atoms with Crippen molar-refractivity contribution in [2.45, 2.75) is 37.3 Å². The molecule has 77 heavy (non-hydrogen) atoms. The van der Waals surface area contributed by atoms with Crippen molar-refractivity contribution >= 4 is 56.1 Å². The molecule has 1 aliphatic heterocycles. The number of para-hydroxylation sites is 1. The highest BCUT2D eigenvalue weighted by atomic mass is 15.2. The summed E-state index contributed by atoms with van der Waals surface area (Å²) in [5.41, 5.74) is 22.4. The van der Waals surface area contributed by atoms with Gasteiger partial charge in [0.15, 0.2) is 0 Å². The molecule has 368 valence electrons. The quantitative estimate of drug-likeness (QED) is 0.128. The van der Waals surface area contributed by atoms with E-state index in [2.05, 4.69) is 306 Å². The molecule has 0 N–H and O–H groups in total. The van der Waals surface area contributed by atoms with Crippen LogP contribution < -0.4 is 9.80 Å². The molecule has 10 aromatic rings. The van der Waals surface area contributed by atoms with Crippen LogP contribution in [0.25, 0.3) is 49.9 Å². The number of benzene rings is 10. The van der Waals surface area contributed by atoms with Crippen molar-refractivity contribution in [3.8, 4) is 22.3 Å². The summed E-state index contributed by atoms with van der Waals surface area (Å²) in [5, 5.41) is 2.49. The summed E-state index contributed by atoms with van der Waals surface area (Å²) in [6.07, 6.45) is 17.5.